The molecule has 116 valence electrons. The van der Waals surface area contributed by atoms with Crippen LogP contribution in [0.25, 0.3) is 0 Å². The number of hydrogen-bond donors (Lipinski definition) is 2. The number of methoxy groups -OCH3 is 1. The summed E-state index contributed by atoms with van der Waals surface area (Å²) in [4.78, 5) is 11.9. The van der Waals surface area contributed by atoms with Crippen molar-refractivity contribution in [1.29, 1.82) is 0 Å². The van der Waals surface area contributed by atoms with Crippen molar-refractivity contribution >= 4 is 31.9 Å². The van der Waals surface area contributed by atoms with Gasteiger partial charge in [-0.05, 0) is 46.3 Å². The molecular formula is C13H17BrN2O4S. The van der Waals surface area contributed by atoms with Crippen molar-refractivity contribution in [3.8, 4) is 5.75 Å². The first-order chi connectivity index (χ1) is 9.74. The van der Waals surface area contributed by atoms with E-state index in [-0.39, 0.29) is 22.1 Å². The van der Waals surface area contributed by atoms with Crippen LogP contribution in [0.2, 0.25) is 0 Å². The summed E-state index contributed by atoms with van der Waals surface area (Å²) in [5, 5.41) is 7.96. The van der Waals surface area contributed by atoms with Gasteiger partial charge in [0.25, 0.3) is 5.91 Å². The van der Waals surface area contributed by atoms with Crippen LogP contribution >= 0.6 is 15.9 Å². The number of halogens is 1. The Morgan fingerprint density at radius 2 is 2.14 bits per heavy atom. The molecule has 6 nitrogen and oxygen atoms in total. The SMILES string of the molecule is COc1c(Br)cc(C(=O)NCC2CC2C)cc1S(N)(=O)=O. The van der Waals surface area contributed by atoms with E-state index in [1.54, 1.807) is 0 Å². The topological polar surface area (TPSA) is 98.5 Å². The molecule has 1 amide bonds. The minimum Gasteiger partial charge on any atom is -0.494 e. The van der Waals surface area contributed by atoms with Crippen molar-refractivity contribution in [3.05, 3.63) is 22.2 Å². The summed E-state index contributed by atoms with van der Waals surface area (Å²) in [6.07, 6.45) is 1.11. The molecule has 1 fully saturated rings. The van der Waals surface area contributed by atoms with Crippen molar-refractivity contribution in [2.24, 2.45) is 17.0 Å². The molecule has 1 saturated carbocycles. The van der Waals surface area contributed by atoms with E-state index in [2.05, 4.69) is 28.2 Å². The number of carbonyl (C=O) groups is 1. The molecule has 0 heterocycles. The smallest absolute Gasteiger partial charge is 0.251 e. The maximum atomic E-state index is 12.1. The molecule has 0 aromatic heterocycles. The Bertz CT molecular complexity index is 675. The normalized spacial score (nSPS) is 21.0. The zero-order valence-electron chi connectivity index (χ0n) is 11.7. The molecule has 0 bridgehead atoms. The van der Waals surface area contributed by atoms with Gasteiger partial charge in [0.2, 0.25) is 10.0 Å². The quantitative estimate of drug-likeness (QED) is 0.812. The van der Waals surface area contributed by atoms with Crippen LogP contribution in [0.4, 0.5) is 0 Å². The minimum absolute atomic E-state index is 0.0878. The molecule has 21 heavy (non-hydrogen) atoms. The lowest BCUT2D eigenvalue weighted by Crippen LogP contribution is -2.26. The van der Waals surface area contributed by atoms with Crippen LogP contribution in [0, 0.1) is 11.8 Å². The molecule has 1 aromatic carbocycles. The van der Waals surface area contributed by atoms with Crippen LogP contribution in [0.5, 0.6) is 5.75 Å². The first-order valence-corrected chi connectivity index (χ1v) is 8.76. The van der Waals surface area contributed by atoms with E-state index in [1.807, 2.05) is 0 Å². The maximum absolute atomic E-state index is 12.1. The van der Waals surface area contributed by atoms with Gasteiger partial charge >= 0.3 is 0 Å². The third kappa shape index (κ3) is 3.75. The Morgan fingerprint density at radius 3 is 2.62 bits per heavy atom. The summed E-state index contributed by atoms with van der Waals surface area (Å²) in [5.74, 6) is 0.897. The van der Waals surface area contributed by atoms with Crippen molar-refractivity contribution in [3.63, 3.8) is 0 Å². The fourth-order valence-corrected chi connectivity index (χ4v) is 3.61. The maximum Gasteiger partial charge on any atom is 0.251 e. The van der Waals surface area contributed by atoms with E-state index >= 15 is 0 Å². The van der Waals surface area contributed by atoms with E-state index in [4.69, 9.17) is 9.88 Å². The van der Waals surface area contributed by atoms with Crippen molar-refractivity contribution in [1.82, 2.24) is 5.32 Å². The van der Waals surface area contributed by atoms with Crippen molar-refractivity contribution < 1.29 is 17.9 Å². The number of amides is 1. The number of hydrogen-bond acceptors (Lipinski definition) is 4. The number of carbonyl (C=O) groups excluding carboxylic acids is 1. The third-order valence-corrected chi connectivity index (χ3v) is 5.09. The van der Waals surface area contributed by atoms with Crippen LogP contribution in [-0.4, -0.2) is 28.0 Å². The number of rotatable bonds is 5. The molecule has 0 aliphatic heterocycles. The lowest BCUT2D eigenvalue weighted by Gasteiger charge is -2.12. The highest BCUT2D eigenvalue weighted by Gasteiger charge is 2.32. The first kappa shape index (κ1) is 16.3. The summed E-state index contributed by atoms with van der Waals surface area (Å²) in [5.41, 5.74) is 0.222. The van der Waals surface area contributed by atoms with Gasteiger partial charge in [0, 0.05) is 12.1 Å². The van der Waals surface area contributed by atoms with Gasteiger partial charge in [-0.15, -0.1) is 0 Å². The lowest BCUT2D eigenvalue weighted by atomic mass is 10.2. The monoisotopic (exact) mass is 376 g/mol. The number of nitrogens with two attached hydrogens (primary N) is 1. The van der Waals surface area contributed by atoms with E-state index in [0.717, 1.165) is 6.42 Å². The molecule has 2 unspecified atom stereocenters. The Kier molecular flexibility index (Phi) is 4.60. The van der Waals surface area contributed by atoms with Gasteiger partial charge in [0.15, 0.2) is 5.75 Å². The van der Waals surface area contributed by atoms with E-state index in [1.165, 1.54) is 19.2 Å². The summed E-state index contributed by atoms with van der Waals surface area (Å²) >= 11 is 3.20. The predicted octanol–water partition coefficient (Wildman–Crippen LogP) is 1.49. The fourth-order valence-electron chi connectivity index (χ4n) is 2.12. The molecule has 8 heteroatoms. The largest absolute Gasteiger partial charge is 0.494 e. The molecule has 1 aliphatic rings. The highest BCUT2D eigenvalue weighted by atomic mass is 79.9. The fraction of sp³-hybridized carbons (Fsp3) is 0.462. The van der Waals surface area contributed by atoms with Gasteiger partial charge < -0.3 is 10.1 Å². The Hall–Kier alpha value is -1.12. The zero-order valence-corrected chi connectivity index (χ0v) is 14.1. The average Bonchev–Trinajstić information content (AvgIpc) is 3.10. The molecule has 1 aromatic rings. The van der Waals surface area contributed by atoms with E-state index in [0.29, 0.717) is 22.9 Å². The van der Waals surface area contributed by atoms with Crippen LogP contribution in [0.1, 0.15) is 23.7 Å². The molecule has 0 spiro atoms. The van der Waals surface area contributed by atoms with Gasteiger partial charge in [0.1, 0.15) is 4.90 Å². The second-order valence-electron chi connectivity index (χ2n) is 5.22. The molecule has 0 saturated heterocycles. The lowest BCUT2D eigenvalue weighted by molar-refractivity contribution is 0.0951. The minimum atomic E-state index is -3.99. The number of ether oxygens (including phenoxy) is 1. The van der Waals surface area contributed by atoms with Crippen molar-refractivity contribution in [2.45, 2.75) is 18.2 Å². The molecule has 3 N–H and O–H groups in total. The second-order valence-corrected chi connectivity index (χ2v) is 7.60. The number of primary sulfonamides is 1. The second kappa shape index (κ2) is 5.94. The highest BCUT2D eigenvalue weighted by Crippen LogP contribution is 2.37. The van der Waals surface area contributed by atoms with Gasteiger partial charge in [-0.1, -0.05) is 6.92 Å². The van der Waals surface area contributed by atoms with Gasteiger partial charge in [0.05, 0.1) is 11.6 Å². The summed E-state index contributed by atoms with van der Waals surface area (Å²) in [7, 11) is -2.65. The van der Waals surface area contributed by atoms with E-state index < -0.39 is 10.0 Å². The molecule has 0 radical (unpaired) electrons. The first-order valence-electron chi connectivity index (χ1n) is 6.42. The van der Waals surface area contributed by atoms with Crippen molar-refractivity contribution in [2.75, 3.05) is 13.7 Å². The van der Waals surface area contributed by atoms with Crippen LogP contribution in [-0.2, 0) is 10.0 Å². The predicted molar refractivity (Wildman–Crippen MR) is 81.7 cm³/mol. The number of benzene rings is 1. The Morgan fingerprint density at radius 1 is 1.52 bits per heavy atom. The highest BCUT2D eigenvalue weighted by molar-refractivity contribution is 9.10. The number of sulfonamides is 1. The standard InChI is InChI=1S/C13H17BrN2O4S/c1-7-3-9(7)6-16-13(17)8-4-10(14)12(20-2)11(5-8)21(15,18)19/h4-5,7,9H,3,6H2,1-2H3,(H,16,17)(H2,15,18,19). The average molecular weight is 377 g/mol. The Balaban J connectivity index is 2.27. The van der Waals surface area contributed by atoms with Gasteiger partial charge in [-0.25, -0.2) is 13.6 Å². The van der Waals surface area contributed by atoms with Gasteiger partial charge in [-0.2, -0.15) is 0 Å². The molecule has 2 atom stereocenters. The third-order valence-electron chi connectivity index (χ3n) is 3.58. The van der Waals surface area contributed by atoms with Crippen LogP contribution in [0.15, 0.2) is 21.5 Å². The van der Waals surface area contributed by atoms with Gasteiger partial charge in [-0.3, -0.25) is 4.79 Å². The molecular weight excluding hydrogens is 360 g/mol. The molecule has 2 rings (SSSR count). The Labute approximate surface area is 132 Å². The van der Waals surface area contributed by atoms with E-state index in [9.17, 15) is 13.2 Å². The van der Waals surface area contributed by atoms with Crippen LogP contribution in [0.3, 0.4) is 0 Å². The summed E-state index contributed by atoms with van der Waals surface area (Å²) in [6, 6.07) is 2.74. The number of nitrogens with one attached hydrogen (secondary N) is 1. The van der Waals surface area contributed by atoms with Crippen LogP contribution < -0.4 is 15.2 Å². The summed E-state index contributed by atoms with van der Waals surface area (Å²) < 4.78 is 28.6. The molecule has 1 aliphatic carbocycles. The summed E-state index contributed by atoms with van der Waals surface area (Å²) in [6.45, 7) is 2.72. The zero-order chi connectivity index (χ0) is 15.8.